The molecule has 0 amide bonds. The average Bonchev–Trinajstić information content (AvgIpc) is 2.57. The minimum Gasteiger partial charge on any atom is -0.497 e. The molecule has 1 aromatic carbocycles. The summed E-state index contributed by atoms with van der Waals surface area (Å²) in [6, 6.07) is 5.06. The first kappa shape index (κ1) is 9.98. The molecule has 0 radical (unpaired) electrons. The van der Waals surface area contributed by atoms with Crippen molar-refractivity contribution in [3.8, 4) is 5.75 Å². The molecule has 0 saturated carbocycles. The molecule has 1 unspecified atom stereocenters. The van der Waals surface area contributed by atoms with Gasteiger partial charge in [-0.1, -0.05) is 6.07 Å². The Bertz CT molecular complexity index is 413. The highest BCUT2D eigenvalue weighted by molar-refractivity contribution is 5.81. The molecular formula is C11H12O4. The molecular weight excluding hydrogens is 196 g/mol. The lowest BCUT2D eigenvalue weighted by Gasteiger charge is -2.18. The Morgan fingerprint density at radius 2 is 2.27 bits per heavy atom. The maximum atomic E-state index is 11.0. The van der Waals surface area contributed by atoms with Gasteiger partial charge in [0.2, 0.25) is 0 Å². The minimum atomic E-state index is -1.72. The Hall–Kier alpha value is -1.55. The minimum absolute atomic E-state index is 0.227. The van der Waals surface area contributed by atoms with Crippen molar-refractivity contribution in [2.45, 2.75) is 18.4 Å². The Balaban J connectivity index is 2.49. The zero-order valence-electron chi connectivity index (χ0n) is 8.36. The SMILES string of the molecule is COc1ccc2c(c1)CCC2(O)C(=O)O. The van der Waals surface area contributed by atoms with Crippen LogP contribution >= 0.6 is 0 Å². The number of aliphatic hydroxyl groups is 1. The number of fused-ring (bicyclic) bond motifs is 1. The second-order valence-electron chi connectivity index (χ2n) is 3.69. The number of aliphatic carboxylic acids is 1. The third kappa shape index (κ3) is 1.37. The zero-order valence-corrected chi connectivity index (χ0v) is 8.36. The van der Waals surface area contributed by atoms with Gasteiger partial charge in [-0.3, -0.25) is 0 Å². The first-order valence-corrected chi connectivity index (χ1v) is 4.71. The number of carboxylic acid groups (broad SMARTS) is 1. The van der Waals surface area contributed by atoms with E-state index in [0.29, 0.717) is 17.7 Å². The van der Waals surface area contributed by atoms with Crippen LogP contribution in [-0.4, -0.2) is 23.3 Å². The number of hydrogen-bond donors (Lipinski definition) is 2. The van der Waals surface area contributed by atoms with Gasteiger partial charge in [0.25, 0.3) is 0 Å². The monoisotopic (exact) mass is 208 g/mol. The van der Waals surface area contributed by atoms with Gasteiger partial charge < -0.3 is 14.9 Å². The van der Waals surface area contributed by atoms with Crippen LogP contribution in [0.2, 0.25) is 0 Å². The van der Waals surface area contributed by atoms with Gasteiger partial charge in [0.15, 0.2) is 5.60 Å². The predicted molar refractivity (Wildman–Crippen MR) is 52.8 cm³/mol. The first-order valence-electron chi connectivity index (χ1n) is 4.71. The van der Waals surface area contributed by atoms with Crippen molar-refractivity contribution >= 4 is 5.97 Å². The van der Waals surface area contributed by atoms with E-state index in [0.717, 1.165) is 5.56 Å². The van der Waals surface area contributed by atoms with E-state index in [-0.39, 0.29) is 6.42 Å². The van der Waals surface area contributed by atoms with Crippen molar-refractivity contribution in [3.63, 3.8) is 0 Å². The maximum Gasteiger partial charge on any atom is 0.340 e. The summed E-state index contributed by atoms with van der Waals surface area (Å²) in [5.74, 6) is -0.505. The maximum absolute atomic E-state index is 11.0. The summed E-state index contributed by atoms with van der Waals surface area (Å²) < 4.78 is 5.04. The van der Waals surface area contributed by atoms with Gasteiger partial charge in [0.05, 0.1) is 7.11 Å². The highest BCUT2D eigenvalue weighted by Gasteiger charge is 2.43. The van der Waals surface area contributed by atoms with E-state index in [9.17, 15) is 9.90 Å². The third-order valence-corrected chi connectivity index (χ3v) is 2.87. The van der Waals surface area contributed by atoms with Crippen LogP contribution in [0.5, 0.6) is 5.75 Å². The van der Waals surface area contributed by atoms with Crippen LogP contribution in [0.25, 0.3) is 0 Å². The van der Waals surface area contributed by atoms with Crippen molar-refractivity contribution in [1.29, 1.82) is 0 Å². The number of carboxylic acids is 1. The fourth-order valence-corrected chi connectivity index (χ4v) is 1.98. The number of carbonyl (C=O) groups is 1. The molecule has 15 heavy (non-hydrogen) atoms. The summed E-state index contributed by atoms with van der Waals surface area (Å²) in [5.41, 5.74) is -0.392. The fourth-order valence-electron chi connectivity index (χ4n) is 1.98. The van der Waals surface area contributed by atoms with Crippen LogP contribution in [0.15, 0.2) is 18.2 Å². The summed E-state index contributed by atoms with van der Waals surface area (Å²) in [5, 5.41) is 18.9. The van der Waals surface area contributed by atoms with Crippen molar-refractivity contribution in [2.24, 2.45) is 0 Å². The molecule has 1 aromatic rings. The van der Waals surface area contributed by atoms with Gasteiger partial charge in [0, 0.05) is 0 Å². The predicted octanol–water partition coefficient (Wildman–Crippen LogP) is 0.914. The number of methoxy groups -OCH3 is 1. The fraction of sp³-hybridized carbons (Fsp3) is 0.364. The molecule has 0 fully saturated rings. The molecule has 1 atom stereocenters. The normalized spacial score (nSPS) is 23.6. The number of benzene rings is 1. The second-order valence-corrected chi connectivity index (χ2v) is 3.69. The molecule has 0 spiro atoms. The van der Waals surface area contributed by atoms with Gasteiger partial charge in [-0.2, -0.15) is 0 Å². The lowest BCUT2D eigenvalue weighted by atomic mass is 9.96. The topological polar surface area (TPSA) is 66.8 Å². The van der Waals surface area contributed by atoms with Crippen molar-refractivity contribution in [1.82, 2.24) is 0 Å². The van der Waals surface area contributed by atoms with Crippen LogP contribution in [0, 0.1) is 0 Å². The highest BCUT2D eigenvalue weighted by atomic mass is 16.5. The first-order chi connectivity index (χ1) is 7.08. The van der Waals surface area contributed by atoms with Gasteiger partial charge in [0.1, 0.15) is 5.75 Å². The summed E-state index contributed by atoms with van der Waals surface area (Å²) >= 11 is 0. The van der Waals surface area contributed by atoms with E-state index in [1.807, 2.05) is 0 Å². The van der Waals surface area contributed by atoms with Crippen molar-refractivity contribution < 1.29 is 19.7 Å². The number of hydrogen-bond acceptors (Lipinski definition) is 3. The molecule has 4 nitrogen and oxygen atoms in total. The number of aryl methyl sites for hydroxylation is 1. The van der Waals surface area contributed by atoms with Crippen LogP contribution in [0.1, 0.15) is 17.5 Å². The molecule has 0 bridgehead atoms. The Morgan fingerprint density at radius 3 is 2.87 bits per heavy atom. The van der Waals surface area contributed by atoms with Crippen LogP contribution in [-0.2, 0) is 16.8 Å². The summed E-state index contributed by atoms with van der Waals surface area (Å²) in [7, 11) is 1.56. The quantitative estimate of drug-likeness (QED) is 0.758. The Labute approximate surface area is 87.1 Å². The van der Waals surface area contributed by atoms with Gasteiger partial charge in [-0.25, -0.2) is 4.79 Å². The summed E-state index contributed by atoms with van der Waals surface area (Å²) in [6.45, 7) is 0. The lowest BCUT2D eigenvalue weighted by molar-refractivity contribution is -0.159. The Kier molecular flexibility index (Phi) is 2.16. The molecule has 2 rings (SSSR count). The van der Waals surface area contributed by atoms with Gasteiger partial charge in [-0.15, -0.1) is 0 Å². The second kappa shape index (κ2) is 3.24. The molecule has 80 valence electrons. The molecule has 0 aromatic heterocycles. The van der Waals surface area contributed by atoms with Crippen LogP contribution in [0.3, 0.4) is 0 Å². The van der Waals surface area contributed by atoms with Crippen molar-refractivity contribution in [2.75, 3.05) is 7.11 Å². The average molecular weight is 208 g/mol. The molecule has 1 aliphatic carbocycles. The highest BCUT2D eigenvalue weighted by Crippen LogP contribution is 2.38. The summed E-state index contributed by atoms with van der Waals surface area (Å²) in [6.07, 6.45) is 0.792. The molecule has 2 N–H and O–H groups in total. The standard InChI is InChI=1S/C11H12O4/c1-15-8-2-3-9-7(6-8)4-5-11(9,14)10(12)13/h2-3,6,14H,4-5H2,1H3,(H,12,13). The molecule has 4 heteroatoms. The van der Waals surface area contributed by atoms with E-state index in [1.54, 1.807) is 25.3 Å². The molecule has 0 heterocycles. The van der Waals surface area contributed by atoms with E-state index >= 15 is 0 Å². The molecule has 0 aliphatic heterocycles. The number of rotatable bonds is 2. The lowest BCUT2D eigenvalue weighted by Crippen LogP contribution is -2.32. The Morgan fingerprint density at radius 1 is 1.53 bits per heavy atom. The largest absolute Gasteiger partial charge is 0.497 e. The van der Waals surface area contributed by atoms with Gasteiger partial charge >= 0.3 is 5.97 Å². The third-order valence-electron chi connectivity index (χ3n) is 2.87. The molecule has 1 aliphatic rings. The molecule has 0 saturated heterocycles. The van der Waals surface area contributed by atoms with Crippen LogP contribution < -0.4 is 4.74 Å². The van der Waals surface area contributed by atoms with E-state index in [4.69, 9.17) is 9.84 Å². The van der Waals surface area contributed by atoms with Crippen LogP contribution in [0.4, 0.5) is 0 Å². The van der Waals surface area contributed by atoms with E-state index in [1.165, 1.54) is 0 Å². The smallest absolute Gasteiger partial charge is 0.340 e. The van der Waals surface area contributed by atoms with E-state index < -0.39 is 11.6 Å². The van der Waals surface area contributed by atoms with Crippen molar-refractivity contribution in [3.05, 3.63) is 29.3 Å². The van der Waals surface area contributed by atoms with E-state index in [2.05, 4.69) is 0 Å². The summed E-state index contributed by atoms with van der Waals surface area (Å²) in [4.78, 5) is 11.0. The zero-order chi connectivity index (χ0) is 11.1. The number of ether oxygens (including phenoxy) is 1. The van der Waals surface area contributed by atoms with Gasteiger partial charge in [-0.05, 0) is 36.1 Å².